The second kappa shape index (κ2) is 7.21. The molecular formula is C16H29NO3. The van der Waals surface area contributed by atoms with Crippen molar-refractivity contribution in [3.05, 3.63) is 0 Å². The molecule has 4 nitrogen and oxygen atoms in total. The summed E-state index contributed by atoms with van der Waals surface area (Å²) in [7, 11) is 0. The molecule has 116 valence electrons. The van der Waals surface area contributed by atoms with Crippen LogP contribution in [0.5, 0.6) is 0 Å². The molecule has 1 aliphatic carbocycles. The number of hydrogen-bond donors (Lipinski definition) is 1. The van der Waals surface area contributed by atoms with Gasteiger partial charge in [0.1, 0.15) is 0 Å². The highest BCUT2D eigenvalue weighted by Crippen LogP contribution is 2.27. The maximum absolute atomic E-state index is 10.2. The molecule has 2 saturated heterocycles. The monoisotopic (exact) mass is 283 g/mol. The first-order chi connectivity index (χ1) is 9.83. The van der Waals surface area contributed by atoms with Gasteiger partial charge in [-0.05, 0) is 38.5 Å². The second-order valence-electron chi connectivity index (χ2n) is 6.60. The topological polar surface area (TPSA) is 41.9 Å². The third-order valence-corrected chi connectivity index (χ3v) is 5.19. The Morgan fingerprint density at radius 1 is 0.850 bits per heavy atom. The third-order valence-electron chi connectivity index (χ3n) is 5.19. The number of piperidine rings is 1. The standard InChI is InChI=1S/C16H29NO3/c18-16-4-2-1-3-15(16)17-9-5-13(6-10-17)20-14-7-11-19-12-8-14/h13-16,18H,1-12H2. The number of aliphatic hydroxyl groups is 1. The maximum Gasteiger partial charge on any atom is 0.0695 e. The number of hydrogen-bond acceptors (Lipinski definition) is 4. The quantitative estimate of drug-likeness (QED) is 0.859. The van der Waals surface area contributed by atoms with Crippen LogP contribution in [-0.4, -0.2) is 60.7 Å². The van der Waals surface area contributed by atoms with Crippen LogP contribution < -0.4 is 0 Å². The van der Waals surface area contributed by atoms with Gasteiger partial charge in [-0.2, -0.15) is 0 Å². The molecule has 0 aromatic carbocycles. The minimum absolute atomic E-state index is 0.100. The molecule has 2 unspecified atom stereocenters. The normalized spacial score (nSPS) is 35.2. The molecule has 2 aliphatic heterocycles. The summed E-state index contributed by atoms with van der Waals surface area (Å²) < 4.78 is 11.6. The Morgan fingerprint density at radius 3 is 2.20 bits per heavy atom. The smallest absolute Gasteiger partial charge is 0.0695 e. The van der Waals surface area contributed by atoms with Crippen LogP contribution in [-0.2, 0) is 9.47 Å². The molecule has 1 N–H and O–H groups in total. The predicted molar refractivity (Wildman–Crippen MR) is 77.8 cm³/mol. The second-order valence-corrected chi connectivity index (χ2v) is 6.60. The third kappa shape index (κ3) is 3.73. The van der Waals surface area contributed by atoms with Crippen molar-refractivity contribution in [2.75, 3.05) is 26.3 Å². The fourth-order valence-corrected chi connectivity index (χ4v) is 3.95. The lowest BCUT2D eigenvalue weighted by atomic mass is 9.90. The summed E-state index contributed by atoms with van der Waals surface area (Å²) >= 11 is 0. The zero-order valence-electron chi connectivity index (χ0n) is 12.5. The lowest BCUT2D eigenvalue weighted by Gasteiger charge is -2.42. The molecule has 3 rings (SSSR count). The summed E-state index contributed by atoms with van der Waals surface area (Å²) in [5, 5.41) is 10.2. The van der Waals surface area contributed by atoms with Gasteiger partial charge in [0.15, 0.2) is 0 Å². The van der Waals surface area contributed by atoms with Crippen LogP contribution in [0.25, 0.3) is 0 Å². The van der Waals surface area contributed by atoms with Crippen LogP contribution in [0, 0.1) is 0 Å². The van der Waals surface area contributed by atoms with Crippen molar-refractivity contribution in [2.45, 2.75) is 75.7 Å². The van der Waals surface area contributed by atoms with Gasteiger partial charge in [0.05, 0.1) is 18.3 Å². The number of likely N-dealkylation sites (tertiary alicyclic amines) is 1. The van der Waals surface area contributed by atoms with Crippen LogP contribution in [0.4, 0.5) is 0 Å². The summed E-state index contributed by atoms with van der Waals surface area (Å²) in [5.41, 5.74) is 0. The fourth-order valence-electron chi connectivity index (χ4n) is 3.95. The molecule has 20 heavy (non-hydrogen) atoms. The molecular weight excluding hydrogens is 254 g/mol. The molecule has 0 bridgehead atoms. The van der Waals surface area contributed by atoms with Gasteiger partial charge in [0.2, 0.25) is 0 Å². The molecule has 0 aromatic heterocycles. The van der Waals surface area contributed by atoms with E-state index >= 15 is 0 Å². The minimum atomic E-state index is -0.100. The summed E-state index contributed by atoms with van der Waals surface area (Å²) in [6, 6.07) is 0.410. The van der Waals surface area contributed by atoms with Crippen molar-refractivity contribution in [2.24, 2.45) is 0 Å². The zero-order valence-corrected chi connectivity index (χ0v) is 12.5. The average molecular weight is 283 g/mol. The zero-order chi connectivity index (χ0) is 13.8. The average Bonchev–Trinajstić information content (AvgIpc) is 2.50. The highest BCUT2D eigenvalue weighted by molar-refractivity contribution is 4.86. The fraction of sp³-hybridized carbons (Fsp3) is 1.00. The predicted octanol–water partition coefficient (Wildman–Crippen LogP) is 1.95. The van der Waals surface area contributed by atoms with E-state index < -0.39 is 0 Å². The van der Waals surface area contributed by atoms with Gasteiger partial charge in [-0.3, -0.25) is 4.90 Å². The number of nitrogens with zero attached hydrogens (tertiary/aromatic N) is 1. The molecule has 0 spiro atoms. The van der Waals surface area contributed by atoms with Crippen molar-refractivity contribution in [3.8, 4) is 0 Å². The van der Waals surface area contributed by atoms with E-state index in [0.29, 0.717) is 18.2 Å². The SMILES string of the molecule is OC1CCCCC1N1CCC(OC2CCOCC2)CC1. The summed E-state index contributed by atoms with van der Waals surface area (Å²) in [6.45, 7) is 3.90. The van der Waals surface area contributed by atoms with Gasteiger partial charge < -0.3 is 14.6 Å². The first kappa shape index (κ1) is 14.8. The number of ether oxygens (including phenoxy) is 2. The first-order valence-corrected chi connectivity index (χ1v) is 8.48. The summed E-state index contributed by atoms with van der Waals surface area (Å²) in [4.78, 5) is 2.51. The largest absolute Gasteiger partial charge is 0.391 e. The van der Waals surface area contributed by atoms with Crippen LogP contribution in [0.1, 0.15) is 51.4 Å². The Labute approximate surface area is 122 Å². The Morgan fingerprint density at radius 2 is 1.50 bits per heavy atom. The van der Waals surface area contributed by atoms with Crippen molar-refractivity contribution >= 4 is 0 Å². The maximum atomic E-state index is 10.2. The van der Waals surface area contributed by atoms with Crippen molar-refractivity contribution in [1.29, 1.82) is 0 Å². The van der Waals surface area contributed by atoms with Crippen molar-refractivity contribution in [1.82, 2.24) is 4.90 Å². The summed E-state index contributed by atoms with van der Waals surface area (Å²) in [6.07, 6.45) is 9.74. The lowest BCUT2D eigenvalue weighted by molar-refractivity contribution is -0.0935. The van der Waals surface area contributed by atoms with E-state index in [0.717, 1.165) is 58.4 Å². The van der Waals surface area contributed by atoms with E-state index in [4.69, 9.17) is 9.47 Å². The Balaban J connectivity index is 1.42. The minimum Gasteiger partial charge on any atom is -0.391 e. The Kier molecular flexibility index (Phi) is 5.32. The van der Waals surface area contributed by atoms with E-state index in [1.807, 2.05) is 0 Å². The Hall–Kier alpha value is -0.160. The van der Waals surface area contributed by atoms with E-state index in [1.165, 1.54) is 19.3 Å². The molecule has 3 fully saturated rings. The van der Waals surface area contributed by atoms with E-state index in [-0.39, 0.29) is 6.10 Å². The van der Waals surface area contributed by atoms with Crippen molar-refractivity contribution < 1.29 is 14.6 Å². The number of aliphatic hydroxyl groups excluding tert-OH is 1. The van der Waals surface area contributed by atoms with E-state index in [2.05, 4.69) is 4.90 Å². The Bertz CT molecular complexity index is 285. The highest BCUT2D eigenvalue weighted by Gasteiger charge is 2.32. The van der Waals surface area contributed by atoms with Crippen LogP contribution in [0.15, 0.2) is 0 Å². The molecule has 1 saturated carbocycles. The van der Waals surface area contributed by atoms with Gasteiger partial charge in [0.25, 0.3) is 0 Å². The first-order valence-electron chi connectivity index (χ1n) is 8.48. The van der Waals surface area contributed by atoms with Crippen LogP contribution in [0.3, 0.4) is 0 Å². The lowest BCUT2D eigenvalue weighted by Crippen LogP contribution is -2.50. The molecule has 4 heteroatoms. The molecule has 0 aromatic rings. The van der Waals surface area contributed by atoms with Gasteiger partial charge >= 0.3 is 0 Å². The van der Waals surface area contributed by atoms with Crippen molar-refractivity contribution in [3.63, 3.8) is 0 Å². The molecule has 2 atom stereocenters. The molecule has 2 heterocycles. The van der Waals surface area contributed by atoms with Crippen LogP contribution in [0.2, 0.25) is 0 Å². The molecule has 0 amide bonds. The van der Waals surface area contributed by atoms with Crippen LogP contribution >= 0.6 is 0 Å². The number of rotatable bonds is 3. The summed E-state index contributed by atoms with van der Waals surface area (Å²) in [5.74, 6) is 0. The van der Waals surface area contributed by atoms with E-state index in [1.54, 1.807) is 0 Å². The van der Waals surface area contributed by atoms with Gasteiger partial charge in [0, 0.05) is 32.3 Å². The van der Waals surface area contributed by atoms with E-state index in [9.17, 15) is 5.11 Å². The van der Waals surface area contributed by atoms with Gasteiger partial charge in [-0.25, -0.2) is 0 Å². The van der Waals surface area contributed by atoms with Gasteiger partial charge in [-0.1, -0.05) is 12.8 Å². The molecule has 3 aliphatic rings. The van der Waals surface area contributed by atoms with Gasteiger partial charge in [-0.15, -0.1) is 0 Å². The molecule has 0 radical (unpaired) electrons. The highest BCUT2D eigenvalue weighted by atomic mass is 16.5.